The van der Waals surface area contributed by atoms with Crippen LogP contribution in [0.15, 0.2) is 47.6 Å². The summed E-state index contributed by atoms with van der Waals surface area (Å²) in [5.74, 6) is 2.03. The van der Waals surface area contributed by atoms with E-state index < -0.39 is 0 Å². The summed E-state index contributed by atoms with van der Waals surface area (Å²) in [6.45, 7) is 0. The Balaban J connectivity index is 2.02. The van der Waals surface area contributed by atoms with E-state index in [9.17, 15) is 0 Å². The van der Waals surface area contributed by atoms with Gasteiger partial charge in [-0.05, 0) is 30.3 Å². The van der Waals surface area contributed by atoms with Crippen LogP contribution in [0, 0.1) is 0 Å². The van der Waals surface area contributed by atoms with Gasteiger partial charge >= 0.3 is 0 Å². The molecule has 1 heterocycles. The van der Waals surface area contributed by atoms with Crippen LogP contribution in [0.4, 0.5) is 5.69 Å². The highest BCUT2D eigenvalue weighted by Crippen LogP contribution is 2.23. The molecule has 1 aromatic carbocycles. The van der Waals surface area contributed by atoms with Crippen molar-refractivity contribution in [3.05, 3.63) is 42.6 Å². The molecular formula is C15H17N3O2. The van der Waals surface area contributed by atoms with Crippen LogP contribution in [0.25, 0.3) is 0 Å². The highest BCUT2D eigenvalue weighted by atomic mass is 16.5. The number of pyridine rings is 1. The monoisotopic (exact) mass is 271 g/mol. The van der Waals surface area contributed by atoms with Gasteiger partial charge in [0.2, 0.25) is 5.88 Å². The van der Waals surface area contributed by atoms with Crippen LogP contribution >= 0.6 is 0 Å². The molecule has 0 spiro atoms. The molecule has 2 rings (SSSR count). The summed E-state index contributed by atoms with van der Waals surface area (Å²) < 4.78 is 10.7. The first kappa shape index (κ1) is 13.9. The summed E-state index contributed by atoms with van der Waals surface area (Å²) >= 11 is 0. The molecular weight excluding hydrogens is 254 g/mol. The normalized spacial score (nSPS) is 10.6. The lowest BCUT2D eigenvalue weighted by molar-refractivity contribution is 0.412. The standard InChI is InChI=1S/C15H17N3O2/c1-18(2)11-17-12-4-9-15(16-10-12)20-14-7-5-13(19-3)6-8-14/h4-11H,1-3H3. The number of hydrogen-bond acceptors (Lipinski definition) is 4. The van der Waals surface area contributed by atoms with Crippen molar-refractivity contribution in [2.45, 2.75) is 0 Å². The van der Waals surface area contributed by atoms with Crippen LogP contribution in [0.3, 0.4) is 0 Å². The van der Waals surface area contributed by atoms with Crippen molar-refractivity contribution >= 4 is 12.0 Å². The van der Waals surface area contributed by atoms with E-state index in [-0.39, 0.29) is 0 Å². The fourth-order valence-electron chi connectivity index (χ4n) is 1.46. The Morgan fingerprint density at radius 1 is 1.05 bits per heavy atom. The largest absolute Gasteiger partial charge is 0.497 e. The van der Waals surface area contributed by atoms with E-state index >= 15 is 0 Å². The second kappa shape index (κ2) is 6.56. The van der Waals surface area contributed by atoms with Gasteiger partial charge in [0.05, 0.1) is 25.3 Å². The maximum Gasteiger partial charge on any atom is 0.219 e. The van der Waals surface area contributed by atoms with Crippen LogP contribution in [0.1, 0.15) is 0 Å². The fraction of sp³-hybridized carbons (Fsp3) is 0.200. The molecule has 0 fully saturated rings. The van der Waals surface area contributed by atoms with E-state index in [4.69, 9.17) is 9.47 Å². The zero-order valence-electron chi connectivity index (χ0n) is 11.8. The van der Waals surface area contributed by atoms with E-state index in [1.54, 1.807) is 25.7 Å². The van der Waals surface area contributed by atoms with E-state index in [1.807, 2.05) is 49.3 Å². The van der Waals surface area contributed by atoms with Crippen molar-refractivity contribution in [3.8, 4) is 17.4 Å². The van der Waals surface area contributed by atoms with Crippen LogP contribution in [-0.4, -0.2) is 37.4 Å². The lowest BCUT2D eigenvalue weighted by atomic mass is 10.3. The van der Waals surface area contributed by atoms with Gasteiger partial charge < -0.3 is 14.4 Å². The predicted octanol–water partition coefficient (Wildman–Crippen LogP) is 3.10. The van der Waals surface area contributed by atoms with E-state index in [2.05, 4.69) is 9.98 Å². The first-order valence-corrected chi connectivity index (χ1v) is 6.16. The maximum absolute atomic E-state index is 5.63. The highest BCUT2D eigenvalue weighted by molar-refractivity contribution is 5.60. The molecule has 5 heteroatoms. The molecule has 0 bridgehead atoms. The number of ether oxygens (including phenoxy) is 2. The van der Waals surface area contributed by atoms with Gasteiger partial charge in [-0.3, -0.25) is 0 Å². The second-order valence-electron chi connectivity index (χ2n) is 4.34. The highest BCUT2D eigenvalue weighted by Gasteiger charge is 1.99. The third kappa shape index (κ3) is 3.98. The number of aromatic nitrogens is 1. The van der Waals surface area contributed by atoms with Gasteiger partial charge in [0.1, 0.15) is 11.5 Å². The smallest absolute Gasteiger partial charge is 0.219 e. The summed E-state index contributed by atoms with van der Waals surface area (Å²) in [7, 11) is 5.46. The molecule has 0 aliphatic carbocycles. The Bertz CT molecular complexity index is 563. The van der Waals surface area contributed by atoms with E-state index in [0.29, 0.717) is 11.6 Å². The Hall–Kier alpha value is -2.56. The molecule has 2 aromatic rings. The van der Waals surface area contributed by atoms with Crippen molar-refractivity contribution in [2.75, 3.05) is 21.2 Å². The van der Waals surface area contributed by atoms with Gasteiger partial charge in [0.15, 0.2) is 0 Å². The van der Waals surface area contributed by atoms with Gasteiger partial charge in [0, 0.05) is 20.2 Å². The Kier molecular flexibility index (Phi) is 4.55. The fourth-order valence-corrected chi connectivity index (χ4v) is 1.46. The van der Waals surface area contributed by atoms with Gasteiger partial charge in [-0.1, -0.05) is 0 Å². The second-order valence-corrected chi connectivity index (χ2v) is 4.34. The lowest BCUT2D eigenvalue weighted by Crippen LogP contribution is -2.06. The molecule has 0 radical (unpaired) electrons. The number of aliphatic imine (C=N–C) groups is 1. The number of rotatable bonds is 5. The molecule has 0 aliphatic heterocycles. The van der Waals surface area contributed by atoms with Gasteiger partial charge in [-0.2, -0.15) is 0 Å². The van der Waals surface area contributed by atoms with Crippen molar-refractivity contribution < 1.29 is 9.47 Å². The zero-order chi connectivity index (χ0) is 14.4. The Morgan fingerprint density at radius 2 is 1.75 bits per heavy atom. The van der Waals surface area contributed by atoms with Crippen LogP contribution in [0.5, 0.6) is 17.4 Å². The number of hydrogen-bond donors (Lipinski definition) is 0. The molecule has 0 aliphatic rings. The minimum Gasteiger partial charge on any atom is -0.497 e. The molecule has 20 heavy (non-hydrogen) atoms. The number of nitrogens with zero attached hydrogens (tertiary/aromatic N) is 3. The predicted molar refractivity (Wildman–Crippen MR) is 79.1 cm³/mol. The van der Waals surface area contributed by atoms with Gasteiger partial charge in [-0.15, -0.1) is 0 Å². The Labute approximate surface area is 118 Å². The Morgan fingerprint density at radius 3 is 2.30 bits per heavy atom. The molecule has 1 aromatic heterocycles. The molecule has 0 saturated heterocycles. The molecule has 104 valence electrons. The minimum absolute atomic E-state index is 0.527. The quantitative estimate of drug-likeness (QED) is 0.619. The first-order chi connectivity index (χ1) is 9.67. The third-order valence-electron chi connectivity index (χ3n) is 2.44. The van der Waals surface area contributed by atoms with Crippen molar-refractivity contribution in [3.63, 3.8) is 0 Å². The van der Waals surface area contributed by atoms with Gasteiger partial charge in [-0.25, -0.2) is 9.98 Å². The summed E-state index contributed by atoms with van der Waals surface area (Å²) in [5.41, 5.74) is 0.779. The number of benzene rings is 1. The average Bonchev–Trinajstić information content (AvgIpc) is 2.47. The molecule has 0 saturated carbocycles. The molecule has 0 unspecified atom stereocenters. The zero-order valence-corrected chi connectivity index (χ0v) is 11.8. The van der Waals surface area contributed by atoms with E-state index in [1.165, 1.54) is 0 Å². The van der Waals surface area contributed by atoms with Crippen molar-refractivity contribution in [1.82, 2.24) is 9.88 Å². The van der Waals surface area contributed by atoms with Crippen LogP contribution in [0.2, 0.25) is 0 Å². The summed E-state index contributed by atoms with van der Waals surface area (Å²) in [6, 6.07) is 11.0. The van der Waals surface area contributed by atoms with Crippen LogP contribution in [-0.2, 0) is 0 Å². The number of methoxy groups -OCH3 is 1. The maximum atomic E-state index is 5.63. The van der Waals surface area contributed by atoms with E-state index in [0.717, 1.165) is 11.4 Å². The molecule has 0 amide bonds. The van der Waals surface area contributed by atoms with Crippen molar-refractivity contribution in [2.24, 2.45) is 4.99 Å². The molecule has 5 nitrogen and oxygen atoms in total. The summed E-state index contributed by atoms with van der Waals surface area (Å²) in [6.07, 6.45) is 3.39. The SMILES string of the molecule is COc1ccc(Oc2ccc(N=CN(C)C)cn2)cc1. The van der Waals surface area contributed by atoms with Crippen molar-refractivity contribution in [1.29, 1.82) is 0 Å². The minimum atomic E-state index is 0.527. The first-order valence-electron chi connectivity index (χ1n) is 6.16. The third-order valence-corrected chi connectivity index (χ3v) is 2.44. The summed E-state index contributed by atoms with van der Waals surface area (Å²) in [5, 5.41) is 0. The average molecular weight is 271 g/mol. The lowest BCUT2D eigenvalue weighted by Gasteiger charge is -2.06. The molecule has 0 atom stereocenters. The topological polar surface area (TPSA) is 47.0 Å². The van der Waals surface area contributed by atoms with Gasteiger partial charge in [0.25, 0.3) is 0 Å². The van der Waals surface area contributed by atoms with Crippen LogP contribution < -0.4 is 9.47 Å². The summed E-state index contributed by atoms with van der Waals surface area (Å²) in [4.78, 5) is 10.3. The molecule has 0 N–H and O–H groups in total.